The van der Waals surface area contributed by atoms with E-state index in [-0.39, 0.29) is 12.0 Å². The minimum absolute atomic E-state index is 0.147. The zero-order valence-corrected chi connectivity index (χ0v) is 13.3. The molecule has 0 spiro atoms. The van der Waals surface area contributed by atoms with Crippen LogP contribution in [0.25, 0.3) is 10.6 Å². The molecule has 7 heteroatoms. The van der Waals surface area contributed by atoms with Gasteiger partial charge in [-0.05, 0) is 25.2 Å². The number of amides is 1. The van der Waals surface area contributed by atoms with Gasteiger partial charge in [0, 0.05) is 30.7 Å². The molecule has 1 saturated carbocycles. The molecule has 2 aromatic rings. The maximum atomic E-state index is 12.2. The van der Waals surface area contributed by atoms with Crippen molar-refractivity contribution < 1.29 is 9.90 Å². The number of hydrogen-bond acceptors (Lipinski definition) is 5. The summed E-state index contributed by atoms with van der Waals surface area (Å²) >= 11 is 1.44. The Morgan fingerprint density at radius 3 is 3.14 bits per heavy atom. The number of carbonyl (C=O) groups is 1. The standard InChI is InChI=1S/C15H20N4O2S/c1-19-8-11(7-17-19)15-18-13(9-22-15)14(21)16-6-10-3-2-4-12(20)5-10/h7-10,12,20H,2-6H2,1H3,(H,16,21). The second-order valence-corrected chi connectivity index (χ2v) is 6.70. The second kappa shape index (κ2) is 6.58. The van der Waals surface area contributed by atoms with Crippen molar-refractivity contribution in [1.82, 2.24) is 20.1 Å². The highest BCUT2D eigenvalue weighted by Crippen LogP contribution is 2.24. The third-order valence-electron chi connectivity index (χ3n) is 4.00. The van der Waals surface area contributed by atoms with E-state index in [9.17, 15) is 9.90 Å². The van der Waals surface area contributed by atoms with Crippen LogP contribution in [-0.2, 0) is 7.05 Å². The first kappa shape index (κ1) is 15.2. The molecule has 1 aliphatic rings. The lowest BCUT2D eigenvalue weighted by atomic mass is 9.87. The lowest BCUT2D eigenvalue weighted by Crippen LogP contribution is -2.33. The molecule has 0 aromatic carbocycles. The molecule has 0 aliphatic heterocycles. The highest BCUT2D eigenvalue weighted by atomic mass is 32.1. The van der Waals surface area contributed by atoms with Gasteiger partial charge in [0.2, 0.25) is 0 Å². The molecule has 1 amide bonds. The molecule has 2 N–H and O–H groups in total. The van der Waals surface area contributed by atoms with Gasteiger partial charge in [0.15, 0.2) is 0 Å². The van der Waals surface area contributed by atoms with Gasteiger partial charge in [-0.15, -0.1) is 11.3 Å². The summed E-state index contributed by atoms with van der Waals surface area (Å²) < 4.78 is 1.71. The van der Waals surface area contributed by atoms with Crippen LogP contribution in [0.1, 0.15) is 36.2 Å². The molecule has 0 bridgehead atoms. The minimum Gasteiger partial charge on any atom is -0.393 e. The summed E-state index contributed by atoms with van der Waals surface area (Å²) in [6.45, 7) is 0.607. The van der Waals surface area contributed by atoms with Gasteiger partial charge in [-0.2, -0.15) is 5.10 Å². The van der Waals surface area contributed by atoms with E-state index >= 15 is 0 Å². The van der Waals surface area contributed by atoms with Crippen molar-refractivity contribution in [3.63, 3.8) is 0 Å². The monoisotopic (exact) mass is 320 g/mol. The van der Waals surface area contributed by atoms with Crippen LogP contribution in [0.2, 0.25) is 0 Å². The first-order chi connectivity index (χ1) is 10.6. The van der Waals surface area contributed by atoms with Crippen molar-refractivity contribution in [2.75, 3.05) is 6.54 Å². The van der Waals surface area contributed by atoms with Crippen LogP contribution in [0.15, 0.2) is 17.8 Å². The average molecular weight is 320 g/mol. The molecule has 2 atom stereocenters. The van der Waals surface area contributed by atoms with Gasteiger partial charge in [0.1, 0.15) is 10.7 Å². The fourth-order valence-corrected chi connectivity index (χ4v) is 3.59. The van der Waals surface area contributed by atoms with Gasteiger partial charge in [0.25, 0.3) is 5.91 Å². The maximum Gasteiger partial charge on any atom is 0.270 e. The van der Waals surface area contributed by atoms with Crippen molar-refractivity contribution in [2.45, 2.75) is 31.8 Å². The number of aromatic nitrogens is 3. The first-order valence-corrected chi connectivity index (χ1v) is 8.40. The van der Waals surface area contributed by atoms with Crippen LogP contribution in [0.5, 0.6) is 0 Å². The Morgan fingerprint density at radius 2 is 2.41 bits per heavy atom. The van der Waals surface area contributed by atoms with Crippen LogP contribution in [0.3, 0.4) is 0 Å². The molecule has 1 aliphatic carbocycles. The zero-order chi connectivity index (χ0) is 15.5. The Balaban J connectivity index is 1.57. The number of hydrogen-bond donors (Lipinski definition) is 2. The molecule has 6 nitrogen and oxygen atoms in total. The number of aryl methyl sites for hydroxylation is 1. The van der Waals surface area contributed by atoms with Crippen molar-refractivity contribution in [3.05, 3.63) is 23.5 Å². The molecular formula is C15H20N4O2S. The summed E-state index contributed by atoms with van der Waals surface area (Å²) in [5.41, 5.74) is 1.36. The molecule has 2 heterocycles. The van der Waals surface area contributed by atoms with Gasteiger partial charge in [-0.25, -0.2) is 4.98 Å². The largest absolute Gasteiger partial charge is 0.393 e. The fraction of sp³-hybridized carbons (Fsp3) is 0.533. The summed E-state index contributed by atoms with van der Waals surface area (Å²) in [7, 11) is 1.85. The molecule has 0 saturated heterocycles. The summed E-state index contributed by atoms with van der Waals surface area (Å²) in [5.74, 6) is 0.218. The predicted octanol–water partition coefficient (Wildman–Crippen LogP) is 1.82. The Hall–Kier alpha value is -1.73. The van der Waals surface area contributed by atoms with Crippen LogP contribution in [0, 0.1) is 5.92 Å². The van der Waals surface area contributed by atoms with Gasteiger partial charge in [0.05, 0.1) is 12.3 Å². The predicted molar refractivity (Wildman–Crippen MR) is 84.6 cm³/mol. The normalized spacial score (nSPS) is 21.7. The number of nitrogens with one attached hydrogen (secondary N) is 1. The van der Waals surface area contributed by atoms with E-state index in [1.165, 1.54) is 11.3 Å². The number of thiazole rings is 1. The van der Waals surface area contributed by atoms with E-state index in [1.807, 2.05) is 13.2 Å². The SMILES string of the molecule is Cn1cc(-c2nc(C(=O)NCC3CCCC(O)C3)cs2)cn1. The molecule has 2 unspecified atom stereocenters. The smallest absolute Gasteiger partial charge is 0.270 e. The fourth-order valence-electron chi connectivity index (χ4n) is 2.82. The van der Waals surface area contributed by atoms with Crippen molar-refractivity contribution in [2.24, 2.45) is 13.0 Å². The highest BCUT2D eigenvalue weighted by molar-refractivity contribution is 7.13. The quantitative estimate of drug-likeness (QED) is 0.900. The molecule has 1 fully saturated rings. The van der Waals surface area contributed by atoms with Crippen LogP contribution < -0.4 is 5.32 Å². The van der Waals surface area contributed by atoms with E-state index in [1.54, 1.807) is 16.3 Å². The third kappa shape index (κ3) is 3.53. The summed E-state index contributed by atoms with van der Waals surface area (Å²) in [6.07, 6.45) is 7.16. The van der Waals surface area contributed by atoms with Crippen molar-refractivity contribution >= 4 is 17.2 Å². The van der Waals surface area contributed by atoms with E-state index < -0.39 is 0 Å². The minimum atomic E-state index is -0.216. The van der Waals surface area contributed by atoms with Crippen LogP contribution in [-0.4, -0.2) is 38.4 Å². The lowest BCUT2D eigenvalue weighted by Gasteiger charge is -2.25. The lowest BCUT2D eigenvalue weighted by molar-refractivity contribution is 0.0871. The number of aliphatic hydroxyl groups excluding tert-OH is 1. The number of nitrogens with zero attached hydrogens (tertiary/aromatic N) is 3. The van der Waals surface area contributed by atoms with E-state index in [2.05, 4.69) is 15.4 Å². The van der Waals surface area contributed by atoms with Gasteiger partial charge in [-0.3, -0.25) is 9.48 Å². The molecule has 2 aromatic heterocycles. The van der Waals surface area contributed by atoms with Crippen molar-refractivity contribution in [1.29, 1.82) is 0 Å². The van der Waals surface area contributed by atoms with Gasteiger partial charge >= 0.3 is 0 Å². The molecule has 3 rings (SSSR count). The topological polar surface area (TPSA) is 80.0 Å². The second-order valence-electron chi connectivity index (χ2n) is 5.84. The van der Waals surface area contributed by atoms with Crippen molar-refractivity contribution in [3.8, 4) is 10.6 Å². The first-order valence-electron chi connectivity index (χ1n) is 7.52. The number of carbonyl (C=O) groups excluding carboxylic acids is 1. The Kier molecular flexibility index (Phi) is 4.54. The van der Waals surface area contributed by atoms with Gasteiger partial charge < -0.3 is 10.4 Å². The Labute approximate surface area is 133 Å². The highest BCUT2D eigenvalue weighted by Gasteiger charge is 2.21. The maximum absolute atomic E-state index is 12.2. The number of aliphatic hydroxyl groups is 1. The molecule has 0 radical (unpaired) electrons. The Morgan fingerprint density at radius 1 is 1.55 bits per heavy atom. The number of rotatable bonds is 4. The summed E-state index contributed by atoms with van der Waals surface area (Å²) in [4.78, 5) is 16.5. The van der Waals surface area contributed by atoms with Crippen LogP contribution >= 0.6 is 11.3 Å². The van der Waals surface area contributed by atoms with E-state index in [4.69, 9.17) is 0 Å². The van der Waals surface area contributed by atoms with Crippen LogP contribution in [0.4, 0.5) is 0 Å². The summed E-state index contributed by atoms with van der Waals surface area (Å²) in [6, 6.07) is 0. The van der Waals surface area contributed by atoms with E-state index in [0.717, 1.165) is 36.3 Å². The zero-order valence-electron chi connectivity index (χ0n) is 12.5. The van der Waals surface area contributed by atoms with Gasteiger partial charge in [-0.1, -0.05) is 6.42 Å². The third-order valence-corrected chi connectivity index (χ3v) is 4.89. The molecule has 22 heavy (non-hydrogen) atoms. The van der Waals surface area contributed by atoms with E-state index in [0.29, 0.717) is 18.2 Å². The molecular weight excluding hydrogens is 300 g/mol. The summed E-state index contributed by atoms with van der Waals surface area (Å²) in [5, 5.41) is 19.3. The average Bonchev–Trinajstić information content (AvgIpc) is 3.13. The molecule has 118 valence electrons. The Bertz CT molecular complexity index is 652.